The van der Waals surface area contributed by atoms with Crippen LogP contribution in [0.5, 0.6) is 0 Å². The highest BCUT2D eigenvalue weighted by molar-refractivity contribution is 6.99. The maximum Gasteiger partial charge on any atom is 0.261 e. The second kappa shape index (κ2) is 18.4. The second-order valence-electron chi connectivity index (χ2n) is 18.2. The zero-order chi connectivity index (χ0) is 36.3. The number of rotatable bonds is 20. The Bertz CT molecular complexity index is 1120. The van der Waals surface area contributed by atoms with E-state index in [1.165, 1.54) is 10.4 Å². The molecule has 7 heteroatoms. The van der Waals surface area contributed by atoms with Gasteiger partial charge in [0, 0.05) is 25.4 Å². The Balaban J connectivity index is 2.16. The normalized spacial score (nSPS) is 15.0. The molecular formula is C41H74O4Si3. The Kier molecular flexibility index (Phi) is 16.5. The highest BCUT2D eigenvalue weighted by Gasteiger charge is 2.50. The summed E-state index contributed by atoms with van der Waals surface area (Å²) in [5.41, 5.74) is 0. The molecular weight excluding hydrogens is 641 g/mol. The van der Waals surface area contributed by atoms with Crippen LogP contribution in [-0.2, 0) is 13.3 Å². The Hall–Kier alpha value is -1.07. The average molecular weight is 715 g/mol. The van der Waals surface area contributed by atoms with Crippen LogP contribution in [0.4, 0.5) is 0 Å². The van der Waals surface area contributed by atoms with Crippen molar-refractivity contribution in [2.75, 3.05) is 13.2 Å². The summed E-state index contributed by atoms with van der Waals surface area (Å²) in [6, 6.07) is 22.0. The zero-order valence-electron chi connectivity index (χ0n) is 33.4. The summed E-state index contributed by atoms with van der Waals surface area (Å²) >= 11 is 0. The standard InChI is InChI=1S/C41H74O4Si3/c1-39(2,3)46(10,11)44-35(25-20-22-33-42)27-24-28-36(45-47(12,13)40(4,5)6)26-21-23-34-43-48(41(7,8)9,37-29-16-14-17-30-37)38-31-18-15-19-32-38/h14-19,29-32,35-36,42H,20-28,33-34H2,1-13H3/t35-,36+/m1/s1. The van der Waals surface area contributed by atoms with Crippen LogP contribution >= 0.6 is 0 Å². The maximum absolute atomic E-state index is 9.43. The van der Waals surface area contributed by atoms with Crippen molar-refractivity contribution in [1.29, 1.82) is 0 Å². The van der Waals surface area contributed by atoms with Crippen LogP contribution in [0.25, 0.3) is 0 Å². The molecule has 4 nitrogen and oxygen atoms in total. The largest absolute Gasteiger partial charge is 0.414 e. The number of hydrogen-bond acceptors (Lipinski definition) is 4. The molecule has 2 aromatic rings. The van der Waals surface area contributed by atoms with Crippen molar-refractivity contribution in [3.8, 4) is 0 Å². The number of hydrogen-bond donors (Lipinski definition) is 1. The molecule has 0 unspecified atom stereocenters. The molecule has 0 radical (unpaired) electrons. The monoisotopic (exact) mass is 714 g/mol. The van der Waals surface area contributed by atoms with E-state index < -0.39 is 25.0 Å². The van der Waals surface area contributed by atoms with Crippen molar-refractivity contribution < 1.29 is 18.4 Å². The molecule has 0 spiro atoms. The summed E-state index contributed by atoms with van der Waals surface area (Å²) in [7, 11) is -6.32. The van der Waals surface area contributed by atoms with E-state index in [9.17, 15) is 5.11 Å². The van der Waals surface area contributed by atoms with E-state index in [4.69, 9.17) is 13.3 Å². The van der Waals surface area contributed by atoms with Crippen molar-refractivity contribution >= 4 is 35.3 Å². The van der Waals surface area contributed by atoms with Crippen molar-refractivity contribution in [2.24, 2.45) is 0 Å². The van der Waals surface area contributed by atoms with Crippen molar-refractivity contribution in [3.05, 3.63) is 60.7 Å². The SMILES string of the molecule is CC(C)(C)[Si](C)(C)O[C@H](CCCCO)CCC[C@H](CCCCO[Si](c1ccccc1)(c1ccccc1)C(C)(C)C)O[Si](C)(C)C(C)(C)C. The van der Waals surface area contributed by atoms with Crippen LogP contribution in [-0.4, -0.2) is 55.5 Å². The number of unbranched alkanes of at least 4 members (excludes halogenated alkanes) is 2. The van der Waals surface area contributed by atoms with Gasteiger partial charge in [-0.1, -0.05) is 123 Å². The highest BCUT2D eigenvalue weighted by atomic mass is 28.4. The Morgan fingerprint density at radius 1 is 0.521 bits per heavy atom. The maximum atomic E-state index is 9.43. The van der Waals surface area contributed by atoms with Gasteiger partial charge in [0.2, 0.25) is 0 Å². The third-order valence-corrected chi connectivity index (χ3v) is 25.3. The summed E-state index contributed by atoms with van der Waals surface area (Å²) in [5.74, 6) is 0. The first kappa shape index (κ1) is 43.1. The summed E-state index contributed by atoms with van der Waals surface area (Å²) in [4.78, 5) is 0. The third kappa shape index (κ3) is 12.3. The quantitative estimate of drug-likeness (QED) is 0.110. The molecule has 274 valence electrons. The highest BCUT2D eigenvalue weighted by Crippen LogP contribution is 2.40. The fourth-order valence-electron chi connectivity index (χ4n) is 6.23. The predicted octanol–water partition coefficient (Wildman–Crippen LogP) is 10.8. The van der Waals surface area contributed by atoms with Gasteiger partial charge in [-0.2, -0.15) is 0 Å². The van der Waals surface area contributed by atoms with Crippen molar-refractivity contribution in [3.63, 3.8) is 0 Å². The molecule has 0 saturated heterocycles. The third-order valence-electron chi connectivity index (χ3n) is 11.2. The first-order valence-corrected chi connectivity index (χ1v) is 26.6. The van der Waals surface area contributed by atoms with E-state index in [2.05, 4.69) is 149 Å². The van der Waals surface area contributed by atoms with E-state index in [-0.39, 0.29) is 33.9 Å². The number of benzene rings is 2. The lowest BCUT2D eigenvalue weighted by Gasteiger charge is -2.43. The summed E-state index contributed by atoms with van der Waals surface area (Å²) in [6.45, 7) is 31.6. The van der Waals surface area contributed by atoms with Gasteiger partial charge in [0.25, 0.3) is 8.32 Å². The molecule has 2 rings (SSSR count). The molecule has 48 heavy (non-hydrogen) atoms. The fraction of sp³-hybridized carbons (Fsp3) is 0.707. The van der Waals surface area contributed by atoms with Gasteiger partial charge in [-0.3, -0.25) is 0 Å². The van der Waals surface area contributed by atoms with Gasteiger partial charge >= 0.3 is 0 Å². The van der Waals surface area contributed by atoms with Crippen LogP contribution in [0.2, 0.25) is 41.3 Å². The van der Waals surface area contributed by atoms with Crippen LogP contribution in [0, 0.1) is 0 Å². The lowest BCUT2D eigenvalue weighted by Crippen LogP contribution is -2.66. The van der Waals surface area contributed by atoms with E-state index in [0.29, 0.717) is 0 Å². The average Bonchev–Trinajstić information content (AvgIpc) is 2.97. The zero-order valence-corrected chi connectivity index (χ0v) is 36.4. The van der Waals surface area contributed by atoms with Gasteiger partial charge in [0.05, 0.1) is 0 Å². The van der Waals surface area contributed by atoms with Crippen molar-refractivity contribution in [1.82, 2.24) is 0 Å². The minimum absolute atomic E-state index is 0.0100. The molecule has 0 aliphatic rings. The van der Waals surface area contributed by atoms with Gasteiger partial charge in [-0.25, -0.2) is 0 Å². The molecule has 2 atom stereocenters. The van der Waals surface area contributed by atoms with E-state index >= 15 is 0 Å². The molecule has 0 aliphatic heterocycles. The minimum atomic E-state index is -2.52. The van der Waals surface area contributed by atoms with Gasteiger partial charge in [-0.05, 0) is 109 Å². The number of aliphatic hydroxyl groups excluding tert-OH is 1. The summed E-state index contributed by atoms with van der Waals surface area (Å²) in [5, 5.41) is 12.5. The molecule has 0 aromatic heterocycles. The fourth-order valence-corrected chi connectivity index (χ4v) is 13.7. The van der Waals surface area contributed by atoms with Crippen molar-refractivity contribution in [2.45, 2.75) is 174 Å². The number of aliphatic hydroxyl groups is 1. The van der Waals surface area contributed by atoms with E-state index in [1.807, 2.05) is 0 Å². The van der Waals surface area contributed by atoms with Crippen LogP contribution in [0.3, 0.4) is 0 Å². The lowest BCUT2D eigenvalue weighted by atomic mass is 10.0. The smallest absolute Gasteiger partial charge is 0.261 e. The molecule has 0 fully saturated rings. The van der Waals surface area contributed by atoms with Gasteiger partial charge in [0.15, 0.2) is 16.6 Å². The van der Waals surface area contributed by atoms with E-state index in [1.54, 1.807) is 0 Å². The molecule has 0 amide bonds. The van der Waals surface area contributed by atoms with Gasteiger partial charge in [-0.15, -0.1) is 0 Å². The predicted molar refractivity (Wildman–Crippen MR) is 216 cm³/mol. The Morgan fingerprint density at radius 2 is 0.896 bits per heavy atom. The van der Waals surface area contributed by atoms with Crippen LogP contribution < -0.4 is 10.4 Å². The second-order valence-corrected chi connectivity index (χ2v) is 32.0. The van der Waals surface area contributed by atoms with E-state index in [0.717, 1.165) is 64.4 Å². The molecule has 1 N–H and O–H groups in total. The topological polar surface area (TPSA) is 47.9 Å². The molecule has 0 aliphatic carbocycles. The minimum Gasteiger partial charge on any atom is -0.414 e. The molecule has 0 bridgehead atoms. The first-order chi connectivity index (χ1) is 22.2. The first-order valence-electron chi connectivity index (χ1n) is 18.9. The Labute approximate surface area is 300 Å². The molecule has 0 heterocycles. The summed E-state index contributed by atoms with van der Waals surface area (Å²) in [6.07, 6.45) is 9.83. The molecule has 0 saturated carbocycles. The Morgan fingerprint density at radius 3 is 1.25 bits per heavy atom. The van der Waals surface area contributed by atoms with Crippen LogP contribution in [0.15, 0.2) is 60.7 Å². The molecule has 2 aromatic carbocycles. The lowest BCUT2D eigenvalue weighted by molar-refractivity contribution is 0.127. The summed E-state index contributed by atoms with van der Waals surface area (Å²) < 4.78 is 21.3. The van der Waals surface area contributed by atoms with Gasteiger partial charge in [0.1, 0.15) is 0 Å². The van der Waals surface area contributed by atoms with Crippen LogP contribution in [0.1, 0.15) is 120 Å². The van der Waals surface area contributed by atoms with Gasteiger partial charge < -0.3 is 18.4 Å².